The average molecular weight is 333 g/mol. The lowest BCUT2D eigenvalue weighted by atomic mass is 10.0. The van der Waals surface area contributed by atoms with Gasteiger partial charge in [-0.3, -0.25) is 9.31 Å². The molecule has 2 heterocycles. The van der Waals surface area contributed by atoms with Crippen LogP contribution >= 0.6 is 0 Å². The third kappa shape index (κ3) is 2.80. The molecule has 0 amide bonds. The molecule has 2 aliphatic rings. The fraction of sp³-hybridized carbons (Fsp3) is 0.471. The molecule has 1 fully saturated rings. The predicted octanol–water partition coefficient (Wildman–Crippen LogP) is 3.96. The maximum absolute atomic E-state index is 14.6. The van der Waals surface area contributed by atoms with Crippen LogP contribution < -0.4 is 5.32 Å². The molecule has 2 aromatic rings. The predicted molar refractivity (Wildman–Crippen MR) is 89.6 cm³/mol. The van der Waals surface area contributed by atoms with Crippen molar-refractivity contribution in [2.45, 2.75) is 43.6 Å². The molecule has 1 aromatic heterocycles. The van der Waals surface area contributed by atoms with Gasteiger partial charge in [0.25, 0.3) is 0 Å². The Labute approximate surface area is 137 Å². The molecule has 0 bridgehead atoms. The van der Waals surface area contributed by atoms with E-state index in [1.165, 1.54) is 19.3 Å². The van der Waals surface area contributed by atoms with Crippen molar-refractivity contribution in [3.63, 3.8) is 0 Å². The van der Waals surface area contributed by atoms with Crippen molar-refractivity contribution in [2.24, 2.45) is 5.92 Å². The topological polar surface area (TPSA) is 57.8 Å². The quantitative estimate of drug-likeness (QED) is 0.894. The summed E-state index contributed by atoms with van der Waals surface area (Å²) in [6.07, 6.45) is 3.62. The standard InChI is InChI=1S/C17H20FN3OS/c1-10-2-3-11(6-10)15-7-16(21-20-15)19-14-5-4-12-8-23(22)9-13(12)17(14)18/h4-5,7,10-11H,2-3,6,8-9H2,1H3,(H2,19,20,21). The Morgan fingerprint density at radius 1 is 1.35 bits per heavy atom. The number of nitrogens with one attached hydrogen (secondary N) is 2. The highest BCUT2D eigenvalue weighted by Gasteiger charge is 2.25. The van der Waals surface area contributed by atoms with Crippen LogP contribution in [-0.2, 0) is 22.3 Å². The number of aromatic nitrogens is 2. The molecule has 0 spiro atoms. The molecule has 0 radical (unpaired) electrons. The maximum Gasteiger partial charge on any atom is 0.152 e. The zero-order chi connectivity index (χ0) is 16.0. The number of nitrogens with zero attached hydrogens (tertiary/aromatic N) is 1. The van der Waals surface area contributed by atoms with Gasteiger partial charge in [0.1, 0.15) is 0 Å². The Kier molecular flexibility index (Phi) is 3.71. The minimum Gasteiger partial charge on any atom is -0.336 e. The summed E-state index contributed by atoms with van der Waals surface area (Å²) in [7, 11) is -0.975. The van der Waals surface area contributed by atoms with Gasteiger partial charge in [-0.25, -0.2) is 4.39 Å². The number of aromatic amines is 1. The van der Waals surface area contributed by atoms with Gasteiger partial charge in [-0.2, -0.15) is 5.10 Å². The number of rotatable bonds is 3. The third-order valence-corrected chi connectivity index (χ3v) is 6.20. The van der Waals surface area contributed by atoms with Crippen molar-refractivity contribution in [1.29, 1.82) is 0 Å². The van der Waals surface area contributed by atoms with E-state index in [1.54, 1.807) is 6.07 Å². The third-order valence-electron chi connectivity index (χ3n) is 4.96. The van der Waals surface area contributed by atoms with Crippen LogP contribution in [0, 0.1) is 11.7 Å². The van der Waals surface area contributed by atoms with Crippen LogP contribution in [0.2, 0.25) is 0 Å². The van der Waals surface area contributed by atoms with E-state index in [1.807, 2.05) is 12.1 Å². The van der Waals surface area contributed by atoms with Crippen LogP contribution in [0.25, 0.3) is 0 Å². The summed E-state index contributed by atoms with van der Waals surface area (Å²) in [6.45, 7) is 2.28. The van der Waals surface area contributed by atoms with E-state index in [0.29, 0.717) is 34.5 Å². The van der Waals surface area contributed by atoms with E-state index in [-0.39, 0.29) is 5.82 Å². The minimum atomic E-state index is -0.975. The van der Waals surface area contributed by atoms with Crippen molar-refractivity contribution < 1.29 is 8.60 Å². The second-order valence-electron chi connectivity index (χ2n) is 6.74. The van der Waals surface area contributed by atoms with Crippen LogP contribution in [0.3, 0.4) is 0 Å². The summed E-state index contributed by atoms with van der Waals surface area (Å²) in [4.78, 5) is 0. The molecule has 23 heavy (non-hydrogen) atoms. The number of hydrogen-bond acceptors (Lipinski definition) is 3. The van der Waals surface area contributed by atoms with E-state index < -0.39 is 10.8 Å². The van der Waals surface area contributed by atoms with E-state index in [0.717, 1.165) is 17.2 Å². The number of hydrogen-bond donors (Lipinski definition) is 2. The first-order valence-corrected chi connectivity index (χ1v) is 9.56. The fourth-order valence-electron chi connectivity index (χ4n) is 3.67. The lowest BCUT2D eigenvalue weighted by Crippen LogP contribution is -1.98. The van der Waals surface area contributed by atoms with Crippen LogP contribution in [0.1, 0.15) is 48.9 Å². The zero-order valence-electron chi connectivity index (χ0n) is 13.1. The first-order valence-electron chi connectivity index (χ1n) is 8.07. The van der Waals surface area contributed by atoms with Gasteiger partial charge in [-0.15, -0.1) is 0 Å². The highest BCUT2D eigenvalue weighted by molar-refractivity contribution is 7.83. The Bertz CT molecular complexity index is 773. The van der Waals surface area contributed by atoms with Gasteiger partial charge in [0, 0.05) is 39.8 Å². The molecule has 4 rings (SSSR count). The zero-order valence-corrected chi connectivity index (χ0v) is 13.9. The number of halogens is 1. The molecule has 0 saturated heterocycles. The van der Waals surface area contributed by atoms with Gasteiger partial charge in [0.2, 0.25) is 0 Å². The largest absolute Gasteiger partial charge is 0.336 e. The molecule has 3 unspecified atom stereocenters. The number of H-pyrrole nitrogens is 1. The molecule has 6 heteroatoms. The van der Waals surface area contributed by atoms with Crippen LogP contribution in [-0.4, -0.2) is 14.4 Å². The van der Waals surface area contributed by atoms with Crippen molar-refractivity contribution >= 4 is 22.3 Å². The summed E-state index contributed by atoms with van der Waals surface area (Å²) in [6, 6.07) is 5.55. The first kappa shape index (κ1) is 14.9. The molecule has 3 atom stereocenters. The summed E-state index contributed by atoms with van der Waals surface area (Å²) in [5.74, 6) is 2.39. The van der Waals surface area contributed by atoms with Crippen molar-refractivity contribution in [3.8, 4) is 0 Å². The second-order valence-corrected chi connectivity index (χ2v) is 8.20. The Morgan fingerprint density at radius 3 is 3.00 bits per heavy atom. The lowest BCUT2D eigenvalue weighted by Gasteiger charge is -2.08. The highest BCUT2D eigenvalue weighted by Crippen LogP contribution is 2.38. The SMILES string of the molecule is CC1CCC(c2cc(Nc3ccc4c(c3F)CS(=O)C4)n[nH]2)C1. The van der Waals surface area contributed by atoms with Crippen LogP contribution in [0.5, 0.6) is 0 Å². The van der Waals surface area contributed by atoms with Gasteiger partial charge in [0.05, 0.1) is 11.4 Å². The molecule has 1 aromatic carbocycles. The summed E-state index contributed by atoms with van der Waals surface area (Å²) < 4.78 is 26.2. The average Bonchev–Trinajstić information content (AvgIpc) is 3.21. The molecule has 1 aliphatic carbocycles. The fourth-order valence-corrected chi connectivity index (χ4v) is 5.03. The maximum atomic E-state index is 14.6. The smallest absolute Gasteiger partial charge is 0.152 e. The van der Waals surface area contributed by atoms with Crippen molar-refractivity contribution in [3.05, 3.63) is 40.8 Å². The molecular formula is C17H20FN3OS. The lowest BCUT2D eigenvalue weighted by molar-refractivity contribution is 0.591. The number of anilines is 2. The molecule has 1 aliphatic heterocycles. The highest BCUT2D eigenvalue weighted by atomic mass is 32.2. The Hall–Kier alpha value is -1.69. The van der Waals surface area contributed by atoms with Gasteiger partial charge >= 0.3 is 0 Å². The van der Waals surface area contributed by atoms with Gasteiger partial charge < -0.3 is 5.32 Å². The summed E-state index contributed by atoms with van der Waals surface area (Å²) >= 11 is 0. The van der Waals surface area contributed by atoms with Gasteiger partial charge in [-0.1, -0.05) is 19.4 Å². The monoisotopic (exact) mass is 333 g/mol. The van der Waals surface area contributed by atoms with E-state index >= 15 is 0 Å². The Morgan fingerprint density at radius 2 is 2.22 bits per heavy atom. The first-order chi connectivity index (χ1) is 11.1. The Balaban J connectivity index is 1.54. The normalized spacial score (nSPS) is 26.4. The van der Waals surface area contributed by atoms with Crippen LogP contribution in [0.15, 0.2) is 18.2 Å². The number of fused-ring (bicyclic) bond motifs is 1. The van der Waals surface area contributed by atoms with Crippen LogP contribution in [0.4, 0.5) is 15.9 Å². The molecule has 1 saturated carbocycles. The second kappa shape index (κ2) is 5.74. The molecule has 122 valence electrons. The van der Waals surface area contributed by atoms with E-state index in [4.69, 9.17) is 0 Å². The van der Waals surface area contributed by atoms with E-state index in [2.05, 4.69) is 22.4 Å². The molecular weight excluding hydrogens is 313 g/mol. The van der Waals surface area contributed by atoms with Crippen molar-refractivity contribution in [2.75, 3.05) is 5.32 Å². The van der Waals surface area contributed by atoms with Crippen molar-refractivity contribution in [1.82, 2.24) is 10.2 Å². The summed E-state index contributed by atoms with van der Waals surface area (Å²) in [5.41, 5.74) is 2.96. The van der Waals surface area contributed by atoms with E-state index in [9.17, 15) is 8.60 Å². The minimum absolute atomic E-state index is 0.299. The molecule has 4 nitrogen and oxygen atoms in total. The molecule has 2 N–H and O–H groups in total. The van der Waals surface area contributed by atoms with Gasteiger partial charge in [-0.05, 0) is 30.4 Å². The number of benzene rings is 1. The summed E-state index contributed by atoms with van der Waals surface area (Å²) in [5, 5.41) is 10.4. The van der Waals surface area contributed by atoms with Gasteiger partial charge in [0.15, 0.2) is 11.6 Å².